The fourth-order valence-corrected chi connectivity index (χ4v) is 6.83. The number of likely N-dealkylation sites (tertiary alicyclic amines) is 1. The summed E-state index contributed by atoms with van der Waals surface area (Å²) in [6.45, 7) is 0.846. The molecule has 2 aliphatic heterocycles. The standard InChI is InChI=1S/C21H23IN2OS/c1-23-14-17-20(12-18(23)15-8-4-2-5-9-15)24(26-22)19(13-21(17)25)16-10-6-3-7-11-16/h2-11,17-20H,12-14H2,1H3/t17-,18?,19+,20+/m1/s1. The van der Waals surface area contributed by atoms with Crippen LogP contribution in [-0.2, 0) is 4.79 Å². The Bertz CT molecular complexity index is 757. The number of rotatable bonds is 3. The molecule has 4 atom stereocenters. The number of nitrogens with zero attached hydrogens (tertiary/aromatic N) is 2. The van der Waals surface area contributed by atoms with Gasteiger partial charge in [0, 0.05) is 52.2 Å². The third-order valence-corrected chi connectivity index (χ3v) is 7.89. The second kappa shape index (κ2) is 8.00. The van der Waals surface area contributed by atoms with Crippen LogP contribution in [0.4, 0.5) is 0 Å². The molecule has 0 aliphatic carbocycles. The first-order chi connectivity index (χ1) is 12.7. The lowest BCUT2D eigenvalue weighted by Crippen LogP contribution is -2.56. The van der Waals surface area contributed by atoms with E-state index in [0.29, 0.717) is 18.2 Å². The van der Waals surface area contributed by atoms with E-state index in [4.69, 9.17) is 0 Å². The monoisotopic (exact) mass is 478 g/mol. The fraction of sp³-hybridized carbons (Fsp3) is 0.381. The molecular formula is C21H23IN2OS. The quantitative estimate of drug-likeness (QED) is 0.455. The van der Waals surface area contributed by atoms with E-state index in [0.717, 1.165) is 13.0 Å². The highest BCUT2D eigenvalue weighted by Gasteiger charge is 2.47. The van der Waals surface area contributed by atoms with Crippen LogP contribution in [0.1, 0.15) is 36.1 Å². The Morgan fingerprint density at radius 1 is 0.962 bits per heavy atom. The summed E-state index contributed by atoms with van der Waals surface area (Å²) in [6, 6.07) is 22.0. The van der Waals surface area contributed by atoms with Gasteiger partial charge in [0.25, 0.3) is 0 Å². The molecule has 0 radical (unpaired) electrons. The minimum absolute atomic E-state index is 0.113. The smallest absolute Gasteiger partial charge is 0.140 e. The minimum Gasteiger partial charge on any atom is -0.299 e. The summed E-state index contributed by atoms with van der Waals surface area (Å²) in [6.07, 6.45) is 1.61. The molecule has 0 saturated carbocycles. The SMILES string of the molecule is CN1C[C@H]2C(=O)C[C@@H](c3ccccc3)N(SI)[C@H]2CC1c1ccccc1. The van der Waals surface area contributed by atoms with Crippen molar-refractivity contribution in [2.45, 2.75) is 31.0 Å². The molecule has 5 heteroatoms. The van der Waals surface area contributed by atoms with Gasteiger partial charge in [-0.1, -0.05) is 60.7 Å². The van der Waals surface area contributed by atoms with Gasteiger partial charge in [-0.2, -0.15) is 0 Å². The van der Waals surface area contributed by atoms with Crippen molar-refractivity contribution in [3.05, 3.63) is 71.8 Å². The molecule has 2 heterocycles. The van der Waals surface area contributed by atoms with Gasteiger partial charge in [-0.3, -0.25) is 9.69 Å². The van der Waals surface area contributed by atoms with Gasteiger partial charge in [0.2, 0.25) is 0 Å². The number of carbonyl (C=O) groups is 1. The molecule has 0 bridgehead atoms. The van der Waals surface area contributed by atoms with E-state index in [1.165, 1.54) is 11.1 Å². The molecule has 2 aromatic carbocycles. The molecule has 0 N–H and O–H groups in total. The molecule has 0 aromatic heterocycles. The van der Waals surface area contributed by atoms with Gasteiger partial charge in [0.05, 0.1) is 6.04 Å². The number of piperidine rings is 2. The predicted molar refractivity (Wildman–Crippen MR) is 116 cm³/mol. The Morgan fingerprint density at radius 2 is 1.54 bits per heavy atom. The average Bonchev–Trinajstić information content (AvgIpc) is 2.69. The van der Waals surface area contributed by atoms with Gasteiger partial charge in [0.15, 0.2) is 0 Å². The molecule has 2 saturated heterocycles. The number of halogens is 1. The zero-order valence-corrected chi connectivity index (χ0v) is 17.8. The van der Waals surface area contributed by atoms with Crippen molar-refractivity contribution in [1.29, 1.82) is 0 Å². The Balaban J connectivity index is 1.65. The molecule has 0 spiro atoms. The summed E-state index contributed by atoms with van der Waals surface area (Å²) >= 11 is 2.39. The maximum atomic E-state index is 13.0. The van der Waals surface area contributed by atoms with E-state index in [2.05, 4.69) is 92.1 Å². The highest BCUT2D eigenvalue weighted by atomic mass is 127. The Morgan fingerprint density at radius 3 is 2.12 bits per heavy atom. The number of ketones is 1. The van der Waals surface area contributed by atoms with E-state index < -0.39 is 0 Å². The maximum absolute atomic E-state index is 13.0. The lowest BCUT2D eigenvalue weighted by atomic mass is 9.77. The van der Waals surface area contributed by atoms with E-state index in [1.807, 2.05) is 6.07 Å². The van der Waals surface area contributed by atoms with E-state index >= 15 is 0 Å². The summed E-state index contributed by atoms with van der Waals surface area (Å²) in [5, 5.41) is 0. The Kier molecular flexibility index (Phi) is 5.69. The van der Waals surface area contributed by atoms with Crippen LogP contribution in [0.25, 0.3) is 0 Å². The van der Waals surface area contributed by atoms with E-state index in [1.54, 1.807) is 9.12 Å². The second-order valence-electron chi connectivity index (χ2n) is 7.30. The van der Waals surface area contributed by atoms with Crippen molar-refractivity contribution in [2.75, 3.05) is 13.6 Å². The van der Waals surface area contributed by atoms with Crippen molar-refractivity contribution in [2.24, 2.45) is 5.92 Å². The summed E-state index contributed by atoms with van der Waals surface area (Å²) in [5.41, 5.74) is 2.60. The van der Waals surface area contributed by atoms with Crippen molar-refractivity contribution >= 4 is 36.1 Å². The first kappa shape index (κ1) is 18.5. The van der Waals surface area contributed by atoms with Crippen LogP contribution in [0, 0.1) is 5.92 Å². The normalized spacial score (nSPS) is 30.2. The molecule has 2 aliphatic rings. The van der Waals surface area contributed by atoms with Crippen molar-refractivity contribution < 1.29 is 4.79 Å². The Hall–Kier alpha value is -0.890. The Labute approximate surface area is 171 Å². The predicted octanol–water partition coefficient (Wildman–Crippen LogP) is 5.06. The molecule has 26 heavy (non-hydrogen) atoms. The fourth-order valence-electron chi connectivity index (χ4n) is 4.50. The van der Waals surface area contributed by atoms with Gasteiger partial charge >= 0.3 is 0 Å². The molecule has 4 rings (SSSR count). The molecule has 1 unspecified atom stereocenters. The van der Waals surface area contributed by atoms with E-state index in [-0.39, 0.29) is 18.0 Å². The lowest BCUT2D eigenvalue weighted by molar-refractivity contribution is -0.132. The number of Topliss-reactive ketones (excluding diaryl/α,β-unsaturated/α-hetero) is 1. The van der Waals surface area contributed by atoms with Gasteiger partial charge in [-0.05, 0) is 33.7 Å². The zero-order chi connectivity index (χ0) is 18.1. The third kappa shape index (κ3) is 3.46. The van der Waals surface area contributed by atoms with Crippen LogP contribution in [-0.4, -0.2) is 34.6 Å². The molecule has 3 nitrogen and oxygen atoms in total. The molecular weight excluding hydrogens is 455 g/mol. The summed E-state index contributed by atoms with van der Waals surface area (Å²) in [7, 11) is 3.93. The summed E-state index contributed by atoms with van der Waals surface area (Å²) in [5.74, 6) is 0.533. The number of fused-ring (bicyclic) bond motifs is 1. The van der Waals surface area contributed by atoms with Crippen LogP contribution in [0.15, 0.2) is 60.7 Å². The summed E-state index contributed by atoms with van der Waals surface area (Å²) in [4.78, 5) is 15.4. The van der Waals surface area contributed by atoms with Gasteiger partial charge in [-0.25, -0.2) is 4.31 Å². The second-order valence-corrected chi connectivity index (χ2v) is 9.04. The van der Waals surface area contributed by atoms with Crippen molar-refractivity contribution in [3.8, 4) is 0 Å². The number of hydrogen-bond acceptors (Lipinski definition) is 4. The van der Waals surface area contributed by atoms with E-state index in [9.17, 15) is 4.79 Å². The topological polar surface area (TPSA) is 23.6 Å². The van der Waals surface area contributed by atoms with Crippen LogP contribution in [0.3, 0.4) is 0 Å². The van der Waals surface area contributed by atoms with Crippen LogP contribution >= 0.6 is 30.3 Å². The van der Waals surface area contributed by atoms with Crippen molar-refractivity contribution in [3.63, 3.8) is 0 Å². The minimum atomic E-state index is 0.113. The van der Waals surface area contributed by atoms with Gasteiger partial charge in [-0.15, -0.1) is 0 Å². The van der Waals surface area contributed by atoms with Gasteiger partial charge < -0.3 is 0 Å². The van der Waals surface area contributed by atoms with Gasteiger partial charge in [0.1, 0.15) is 5.78 Å². The van der Waals surface area contributed by atoms with Crippen LogP contribution in [0.5, 0.6) is 0 Å². The summed E-state index contributed by atoms with van der Waals surface area (Å²) < 4.78 is 2.49. The largest absolute Gasteiger partial charge is 0.299 e. The van der Waals surface area contributed by atoms with Crippen LogP contribution < -0.4 is 0 Å². The molecule has 0 amide bonds. The third-order valence-electron chi connectivity index (χ3n) is 5.84. The van der Waals surface area contributed by atoms with Crippen molar-refractivity contribution in [1.82, 2.24) is 9.21 Å². The first-order valence-corrected chi connectivity index (χ1v) is 12.4. The maximum Gasteiger partial charge on any atom is 0.140 e. The number of benzene rings is 2. The lowest BCUT2D eigenvalue weighted by Gasteiger charge is -2.50. The average molecular weight is 478 g/mol. The number of carbonyl (C=O) groups excluding carboxylic acids is 1. The molecule has 2 aromatic rings. The zero-order valence-electron chi connectivity index (χ0n) is 14.8. The molecule has 2 fully saturated rings. The highest BCUT2D eigenvalue weighted by Crippen LogP contribution is 2.47. The molecule has 136 valence electrons. The first-order valence-electron chi connectivity index (χ1n) is 9.09. The highest BCUT2D eigenvalue weighted by molar-refractivity contribution is 14.2. The van der Waals surface area contributed by atoms with Crippen LogP contribution in [0.2, 0.25) is 0 Å². The number of hydrogen-bond donors (Lipinski definition) is 0.